The summed E-state index contributed by atoms with van der Waals surface area (Å²) in [5.41, 5.74) is 0.632. The first-order valence-electron chi connectivity index (χ1n) is 6.79. The summed E-state index contributed by atoms with van der Waals surface area (Å²) in [5, 5.41) is 3.07. The zero-order valence-electron chi connectivity index (χ0n) is 11.6. The van der Waals surface area contributed by atoms with E-state index in [0.29, 0.717) is 12.1 Å². The SMILES string of the molecule is FC(F)(F)c1cc(NCc2ccccc2)nc2ccccc12. The first-order chi connectivity index (χ1) is 10.5. The van der Waals surface area contributed by atoms with E-state index in [1.54, 1.807) is 18.2 Å². The zero-order chi connectivity index (χ0) is 15.6. The van der Waals surface area contributed by atoms with Gasteiger partial charge >= 0.3 is 6.18 Å². The summed E-state index contributed by atoms with van der Waals surface area (Å²) < 4.78 is 39.6. The highest BCUT2D eigenvalue weighted by Crippen LogP contribution is 2.35. The average molecular weight is 302 g/mol. The van der Waals surface area contributed by atoms with Crippen LogP contribution >= 0.6 is 0 Å². The zero-order valence-corrected chi connectivity index (χ0v) is 11.6. The van der Waals surface area contributed by atoms with E-state index in [1.165, 1.54) is 6.07 Å². The number of alkyl halides is 3. The van der Waals surface area contributed by atoms with Gasteiger partial charge in [-0.3, -0.25) is 0 Å². The number of hydrogen-bond acceptors (Lipinski definition) is 2. The summed E-state index contributed by atoms with van der Waals surface area (Å²) in [6.07, 6.45) is -4.41. The average Bonchev–Trinajstić information content (AvgIpc) is 2.52. The second-order valence-electron chi connectivity index (χ2n) is 4.91. The minimum atomic E-state index is -4.41. The lowest BCUT2D eigenvalue weighted by Gasteiger charge is -2.13. The quantitative estimate of drug-likeness (QED) is 0.747. The minimum absolute atomic E-state index is 0.111. The monoisotopic (exact) mass is 302 g/mol. The largest absolute Gasteiger partial charge is 0.417 e. The van der Waals surface area contributed by atoms with Crippen LogP contribution in [0.15, 0.2) is 60.7 Å². The van der Waals surface area contributed by atoms with Crippen LogP contribution in [-0.2, 0) is 12.7 Å². The van der Waals surface area contributed by atoms with Gasteiger partial charge < -0.3 is 5.32 Å². The fraction of sp³-hybridized carbons (Fsp3) is 0.118. The highest BCUT2D eigenvalue weighted by Gasteiger charge is 2.33. The molecule has 1 N–H and O–H groups in total. The first-order valence-corrected chi connectivity index (χ1v) is 6.79. The number of anilines is 1. The van der Waals surface area contributed by atoms with Gasteiger partial charge in [0.15, 0.2) is 0 Å². The summed E-state index contributed by atoms with van der Waals surface area (Å²) >= 11 is 0. The van der Waals surface area contributed by atoms with Crippen molar-refractivity contribution in [1.29, 1.82) is 0 Å². The molecular formula is C17H13F3N2. The molecule has 22 heavy (non-hydrogen) atoms. The Kier molecular flexibility index (Phi) is 3.71. The number of para-hydroxylation sites is 1. The van der Waals surface area contributed by atoms with Crippen LogP contribution in [0.1, 0.15) is 11.1 Å². The van der Waals surface area contributed by atoms with Gasteiger partial charge in [0.1, 0.15) is 5.82 Å². The van der Waals surface area contributed by atoms with Crippen LogP contribution in [0.5, 0.6) is 0 Å². The molecule has 0 bridgehead atoms. The smallest absolute Gasteiger partial charge is 0.366 e. The van der Waals surface area contributed by atoms with Gasteiger partial charge in [0.05, 0.1) is 11.1 Å². The van der Waals surface area contributed by atoms with Crippen molar-refractivity contribution < 1.29 is 13.2 Å². The Bertz CT molecular complexity index is 783. The molecule has 0 fully saturated rings. The number of hydrogen-bond donors (Lipinski definition) is 1. The van der Waals surface area contributed by atoms with Crippen molar-refractivity contribution >= 4 is 16.7 Å². The molecule has 1 aromatic heterocycles. The number of rotatable bonds is 3. The van der Waals surface area contributed by atoms with Gasteiger partial charge in [-0.2, -0.15) is 13.2 Å². The molecule has 2 nitrogen and oxygen atoms in total. The molecule has 0 aliphatic heterocycles. The Labute approximate surface area is 125 Å². The number of pyridine rings is 1. The van der Waals surface area contributed by atoms with Crippen molar-refractivity contribution in [1.82, 2.24) is 4.98 Å². The van der Waals surface area contributed by atoms with Gasteiger partial charge in [0.2, 0.25) is 0 Å². The number of halogens is 3. The molecule has 3 rings (SSSR count). The van der Waals surface area contributed by atoms with E-state index in [-0.39, 0.29) is 11.2 Å². The van der Waals surface area contributed by atoms with E-state index >= 15 is 0 Å². The molecular weight excluding hydrogens is 289 g/mol. The molecule has 0 aliphatic rings. The molecule has 1 heterocycles. The van der Waals surface area contributed by atoms with Crippen LogP contribution in [0.3, 0.4) is 0 Å². The van der Waals surface area contributed by atoms with Gasteiger partial charge in [-0.15, -0.1) is 0 Å². The molecule has 0 saturated carbocycles. The van der Waals surface area contributed by atoms with Crippen molar-refractivity contribution in [3.63, 3.8) is 0 Å². The molecule has 2 aromatic carbocycles. The molecule has 5 heteroatoms. The highest BCUT2D eigenvalue weighted by atomic mass is 19.4. The lowest BCUT2D eigenvalue weighted by atomic mass is 10.1. The number of aromatic nitrogens is 1. The highest BCUT2D eigenvalue weighted by molar-refractivity contribution is 5.84. The molecule has 0 amide bonds. The third kappa shape index (κ3) is 3.03. The third-order valence-electron chi connectivity index (χ3n) is 3.34. The van der Waals surface area contributed by atoms with Crippen LogP contribution in [0.25, 0.3) is 10.9 Å². The molecule has 0 saturated heterocycles. The van der Waals surface area contributed by atoms with Crippen LogP contribution < -0.4 is 5.32 Å². The fourth-order valence-corrected chi connectivity index (χ4v) is 2.29. The van der Waals surface area contributed by atoms with Gasteiger partial charge in [-0.25, -0.2) is 4.98 Å². The van der Waals surface area contributed by atoms with E-state index in [0.717, 1.165) is 11.6 Å². The van der Waals surface area contributed by atoms with Crippen molar-refractivity contribution in [3.05, 3.63) is 71.8 Å². The Balaban J connectivity index is 1.97. The van der Waals surface area contributed by atoms with E-state index in [4.69, 9.17) is 0 Å². The normalized spacial score (nSPS) is 11.6. The van der Waals surface area contributed by atoms with Gasteiger partial charge in [0, 0.05) is 11.9 Å². The van der Waals surface area contributed by atoms with Crippen molar-refractivity contribution in [2.24, 2.45) is 0 Å². The summed E-state index contributed by atoms with van der Waals surface area (Å²) in [4.78, 5) is 4.25. The second-order valence-corrected chi connectivity index (χ2v) is 4.91. The minimum Gasteiger partial charge on any atom is -0.366 e. The standard InChI is InChI=1S/C17H13F3N2/c18-17(19,20)14-10-16(21-11-12-6-2-1-3-7-12)22-15-9-5-4-8-13(14)15/h1-10H,11H2,(H,21,22). The lowest BCUT2D eigenvalue weighted by molar-refractivity contribution is -0.136. The summed E-state index contributed by atoms with van der Waals surface area (Å²) in [6.45, 7) is 0.420. The van der Waals surface area contributed by atoms with E-state index in [1.807, 2.05) is 30.3 Å². The third-order valence-corrected chi connectivity index (χ3v) is 3.34. The maximum Gasteiger partial charge on any atom is 0.417 e. The molecule has 0 unspecified atom stereocenters. The van der Waals surface area contributed by atoms with E-state index < -0.39 is 11.7 Å². The van der Waals surface area contributed by atoms with Crippen LogP contribution in [0.4, 0.5) is 19.0 Å². The number of fused-ring (bicyclic) bond motifs is 1. The van der Waals surface area contributed by atoms with Gasteiger partial charge in [-0.05, 0) is 17.7 Å². The predicted octanol–water partition coefficient (Wildman–Crippen LogP) is 4.87. The number of nitrogens with zero attached hydrogens (tertiary/aromatic N) is 1. The lowest BCUT2D eigenvalue weighted by Crippen LogP contribution is -2.09. The van der Waals surface area contributed by atoms with Crippen molar-refractivity contribution in [2.45, 2.75) is 12.7 Å². The van der Waals surface area contributed by atoms with E-state index in [2.05, 4.69) is 10.3 Å². The van der Waals surface area contributed by atoms with Crippen molar-refractivity contribution in [2.75, 3.05) is 5.32 Å². The maximum atomic E-state index is 13.2. The summed E-state index contributed by atoms with van der Waals surface area (Å²) in [7, 11) is 0. The summed E-state index contributed by atoms with van der Waals surface area (Å²) in [5.74, 6) is 0.217. The Morgan fingerprint density at radius 3 is 2.32 bits per heavy atom. The number of benzene rings is 2. The number of nitrogens with one attached hydrogen (secondary N) is 1. The van der Waals surface area contributed by atoms with Gasteiger partial charge in [-0.1, -0.05) is 48.5 Å². The molecule has 0 spiro atoms. The molecule has 112 valence electrons. The fourth-order valence-electron chi connectivity index (χ4n) is 2.29. The topological polar surface area (TPSA) is 24.9 Å². The van der Waals surface area contributed by atoms with Crippen LogP contribution in [0.2, 0.25) is 0 Å². The maximum absolute atomic E-state index is 13.2. The van der Waals surface area contributed by atoms with Crippen molar-refractivity contribution in [3.8, 4) is 0 Å². The van der Waals surface area contributed by atoms with Crippen LogP contribution in [-0.4, -0.2) is 4.98 Å². The van der Waals surface area contributed by atoms with E-state index in [9.17, 15) is 13.2 Å². The van der Waals surface area contributed by atoms with Gasteiger partial charge in [0.25, 0.3) is 0 Å². The molecule has 0 aliphatic carbocycles. The Hall–Kier alpha value is -2.56. The summed E-state index contributed by atoms with van der Waals surface area (Å²) in [6, 6.07) is 16.8. The molecule has 0 atom stereocenters. The molecule has 3 aromatic rings. The molecule has 0 radical (unpaired) electrons. The first kappa shape index (κ1) is 14.4. The Morgan fingerprint density at radius 2 is 1.59 bits per heavy atom. The predicted molar refractivity (Wildman–Crippen MR) is 80.5 cm³/mol. The Morgan fingerprint density at radius 1 is 0.909 bits per heavy atom. The second kappa shape index (κ2) is 5.67. The van der Waals surface area contributed by atoms with Crippen LogP contribution in [0, 0.1) is 0 Å².